The minimum atomic E-state index is -3.75. The Morgan fingerprint density at radius 3 is 2.74 bits per heavy atom. The molecule has 1 aromatic rings. The van der Waals surface area contributed by atoms with Gasteiger partial charge in [-0.1, -0.05) is 11.6 Å². The number of rotatable bonds is 4. The number of thiophene rings is 1. The van der Waals surface area contributed by atoms with E-state index in [0.717, 1.165) is 23.7 Å². The van der Waals surface area contributed by atoms with Crippen molar-refractivity contribution in [3.8, 4) is 0 Å². The summed E-state index contributed by atoms with van der Waals surface area (Å²) in [5, 5.41) is 0. The van der Waals surface area contributed by atoms with Crippen LogP contribution >= 0.6 is 22.9 Å². The fourth-order valence-corrected chi connectivity index (χ4v) is 5.48. The highest BCUT2D eigenvalue weighted by Crippen LogP contribution is 2.56. The zero-order valence-corrected chi connectivity index (χ0v) is 12.5. The van der Waals surface area contributed by atoms with Crippen LogP contribution in [-0.4, -0.2) is 14.3 Å². The normalized spacial score (nSPS) is 29.0. The van der Waals surface area contributed by atoms with Gasteiger partial charge in [0.05, 0.1) is 4.34 Å². The molecule has 3 atom stereocenters. The van der Waals surface area contributed by atoms with Gasteiger partial charge in [0.15, 0.2) is 0 Å². The molecule has 1 aromatic heterocycles. The largest absolute Gasteiger partial charge is 0.274 e. The van der Waals surface area contributed by atoms with Crippen LogP contribution in [0, 0.1) is 17.8 Å². The summed E-state index contributed by atoms with van der Waals surface area (Å²) in [7, 11) is -3.75. The summed E-state index contributed by atoms with van der Waals surface area (Å²) < 4.78 is 26.5. The molecule has 2 saturated carbocycles. The van der Waals surface area contributed by atoms with Crippen molar-refractivity contribution in [2.24, 2.45) is 17.8 Å². The van der Waals surface area contributed by atoms with Crippen molar-refractivity contribution in [1.82, 2.24) is 4.72 Å². The Hall–Kier alpha value is -0.590. The lowest BCUT2D eigenvalue weighted by atomic mass is 9.99. The van der Waals surface area contributed by atoms with E-state index in [0.29, 0.717) is 22.6 Å². The Balaban J connectivity index is 1.62. The molecule has 3 rings (SSSR count). The van der Waals surface area contributed by atoms with Crippen LogP contribution in [0.3, 0.4) is 0 Å². The number of nitrogens with one attached hydrogen (secondary N) is 1. The standard InChI is InChI=1S/C12H14ClNO3S2/c13-10-3-4-12(18-10)19(16,17)14-11(15)6-8-2-1-7-5-9(7)8/h3-4,7-9H,1-2,5-6H2,(H,14,15). The molecule has 1 N–H and O–H groups in total. The summed E-state index contributed by atoms with van der Waals surface area (Å²) in [6, 6.07) is 2.92. The first kappa shape index (κ1) is 13.4. The molecule has 2 aliphatic rings. The highest BCUT2D eigenvalue weighted by Gasteiger charge is 2.48. The minimum Gasteiger partial charge on any atom is -0.274 e. The number of amides is 1. The van der Waals surface area contributed by atoms with Gasteiger partial charge in [0.25, 0.3) is 10.0 Å². The zero-order chi connectivity index (χ0) is 13.6. The summed E-state index contributed by atoms with van der Waals surface area (Å²) >= 11 is 6.66. The molecule has 4 nitrogen and oxygen atoms in total. The summed E-state index contributed by atoms with van der Waals surface area (Å²) in [4.78, 5) is 11.8. The Bertz CT molecular complexity index is 610. The number of hydrogen-bond acceptors (Lipinski definition) is 4. The number of carbonyl (C=O) groups is 1. The lowest BCUT2D eigenvalue weighted by molar-refractivity contribution is -0.120. The van der Waals surface area contributed by atoms with Crippen LogP contribution in [0.5, 0.6) is 0 Å². The molecule has 0 radical (unpaired) electrons. The predicted molar refractivity (Wildman–Crippen MR) is 73.6 cm³/mol. The molecular weight excluding hydrogens is 306 g/mol. The monoisotopic (exact) mass is 319 g/mol. The molecule has 0 spiro atoms. The number of hydrogen-bond donors (Lipinski definition) is 1. The molecule has 3 unspecified atom stereocenters. The maximum absolute atomic E-state index is 11.9. The topological polar surface area (TPSA) is 63.2 Å². The van der Waals surface area contributed by atoms with Crippen molar-refractivity contribution in [1.29, 1.82) is 0 Å². The number of sulfonamides is 1. The van der Waals surface area contributed by atoms with E-state index in [9.17, 15) is 13.2 Å². The molecule has 2 fully saturated rings. The predicted octanol–water partition coefficient (Wildman–Crippen LogP) is 2.64. The van der Waals surface area contributed by atoms with E-state index in [1.807, 2.05) is 0 Å². The van der Waals surface area contributed by atoms with Gasteiger partial charge in [0, 0.05) is 6.42 Å². The van der Waals surface area contributed by atoms with Gasteiger partial charge in [-0.25, -0.2) is 13.1 Å². The van der Waals surface area contributed by atoms with Crippen molar-refractivity contribution in [2.45, 2.75) is 29.9 Å². The van der Waals surface area contributed by atoms with Crippen LogP contribution < -0.4 is 4.72 Å². The van der Waals surface area contributed by atoms with Crippen LogP contribution in [0.15, 0.2) is 16.3 Å². The maximum atomic E-state index is 11.9. The molecule has 2 aliphatic carbocycles. The summed E-state index contributed by atoms with van der Waals surface area (Å²) in [6.07, 6.45) is 3.77. The van der Waals surface area contributed by atoms with Gasteiger partial charge in [-0.2, -0.15) is 0 Å². The smallest absolute Gasteiger partial charge is 0.273 e. The third kappa shape index (κ3) is 2.80. The van der Waals surface area contributed by atoms with E-state index in [1.165, 1.54) is 25.0 Å². The molecule has 0 aliphatic heterocycles. The van der Waals surface area contributed by atoms with Gasteiger partial charge in [0.1, 0.15) is 4.21 Å². The second-order valence-electron chi connectivity index (χ2n) is 5.29. The van der Waals surface area contributed by atoms with E-state index in [-0.39, 0.29) is 4.21 Å². The van der Waals surface area contributed by atoms with Crippen molar-refractivity contribution >= 4 is 38.9 Å². The Morgan fingerprint density at radius 1 is 1.42 bits per heavy atom. The summed E-state index contributed by atoms with van der Waals surface area (Å²) in [5.74, 6) is 1.42. The molecule has 0 saturated heterocycles. The molecule has 104 valence electrons. The zero-order valence-electron chi connectivity index (χ0n) is 10.1. The first-order valence-corrected chi connectivity index (χ1v) is 8.94. The van der Waals surface area contributed by atoms with Crippen LogP contribution in [0.1, 0.15) is 25.7 Å². The van der Waals surface area contributed by atoms with Gasteiger partial charge < -0.3 is 0 Å². The summed E-state index contributed by atoms with van der Waals surface area (Å²) in [6.45, 7) is 0. The highest BCUT2D eigenvalue weighted by atomic mass is 35.5. The van der Waals surface area contributed by atoms with Crippen LogP contribution in [0.2, 0.25) is 4.34 Å². The van der Waals surface area contributed by atoms with Gasteiger partial charge >= 0.3 is 0 Å². The van der Waals surface area contributed by atoms with Crippen molar-refractivity contribution in [3.63, 3.8) is 0 Å². The summed E-state index contributed by atoms with van der Waals surface area (Å²) in [5.41, 5.74) is 0. The van der Waals surface area contributed by atoms with E-state index >= 15 is 0 Å². The van der Waals surface area contributed by atoms with Crippen LogP contribution in [0.25, 0.3) is 0 Å². The highest BCUT2D eigenvalue weighted by molar-refractivity contribution is 7.92. The second-order valence-corrected chi connectivity index (χ2v) is 8.91. The Labute approximate surface area is 121 Å². The van der Waals surface area contributed by atoms with Gasteiger partial charge in [-0.05, 0) is 49.1 Å². The van der Waals surface area contributed by atoms with Gasteiger partial charge in [-0.3, -0.25) is 4.79 Å². The van der Waals surface area contributed by atoms with E-state index in [4.69, 9.17) is 11.6 Å². The Morgan fingerprint density at radius 2 is 2.21 bits per heavy atom. The van der Waals surface area contributed by atoms with Crippen LogP contribution in [-0.2, 0) is 14.8 Å². The van der Waals surface area contributed by atoms with Gasteiger partial charge in [0.2, 0.25) is 5.91 Å². The first-order valence-electron chi connectivity index (χ1n) is 6.27. The minimum absolute atomic E-state index is 0.0848. The molecule has 1 heterocycles. The van der Waals surface area contributed by atoms with E-state index in [2.05, 4.69) is 4.72 Å². The first-order chi connectivity index (χ1) is 8.95. The quantitative estimate of drug-likeness (QED) is 0.928. The molecular formula is C12H14ClNO3S2. The second kappa shape index (κ2) is 4.75. The van der Waals surface area contributed by atoms with E-state index < -0.39 is 15.9 Å². The third-order valence-corrected chi connectivity index (χ3v) is 7.10. The molecule has 19 heavy (non-hydrogen) atoms. The fraction of sp³-hybridized carbons (Fsp3) is 0.583. The Kier molecular flexibility index (Phi) is 3.35. The van der Waals surface area contributed by atoms with E-state index in [1.54, 1.807) is 0 Å². The molecule has 0 bridgehead atoms. The maximum Gasteiger partial charge on any atom is 0.273 e. The van der Waals surface area contributed by atoms with Crippen molar-refractivity contribution in [2.75, 3.05) is 0 Å². The van der Waals surface area contributed by atoms with Crippen molar-refractivity contribution in [3.05, 3.63) is 16.5 Å². The average Bonchev–Trinajstić information content (AvgIpc) is 2.79. The molecule has 0 aromatic carbocycles. The lowest BCUT2D eigenvalue weighted by Gasteiger charge is -2.11. The number of halogens is 1. The SMILES string of the molecule is O=C(CC1CCC2CC12)NS(=O)(=O)c1ccc(Cl)s1. The van der Waals surface area contributed by atoms with Gasteiger partial charge in [-0.15, -0.1) is 11.3 Å². The molecule has 1 amide bonds. The lowest BCUT2D eigenvalue weighted by Crippen LogP contribution is -2.31. The van der Waals surface area contributed by atoms with Crippen molar-refractivity contribution < 1.29 is 13.2 Å². The third-order valence-electron chi connectivity index (χ3n) is 4.00. The molecule has 7 heteroatoms. The average molecular weight is 320 g/mol. The number of fused-ring (bicyclic) bond motifs is 1. The fourth-order valence-electron chi connectivity index (χ4n) is 3.00. The number of carbonyl (C=O) groups excluding carboxylic acids is 1. The van der Waals surface area contributed by atoms with Crippen LogP contribution in [0.4, 0.5) is 0 Å².